The maximum Gasteiger partial charge on any atom is 0.257 e. The average Bonchev–Trinajstić information content (AvgIpc) is 2.65. The maximum absolute atomic E-state index is 12.2. The second-order valence-corrected chi connectivity index (χ2v) is 4.50. The second-order valence-electron chi connectivity index (χ2n) is 4.50. The fraction of sp³-hybridized carbons (Fsp3) is 0.692. The third kappa shape index (κ3) is 2.90. The van der Waals surface area contributed by atoms with Crippen LogP contribution in [0, 0.1) is 0 Å². The van der Waals surface area contributed by atoms with E-state index in [1.165, 1.54) is 18.1 Å². The minimum Gasteiger partial charge on any atom is -0.499 e. The third-order valence-corrected chi connectivity index (χ3v) is 3.10. The zero-order valence-corrected chi connectivity index (χ0v) is 11.3. The summed E-state index contributed by atoms with van der Waals surface area (Å²) in [6.45, 7) is 3.96. The Labute approximate surface area is 108 Å². The quantitative estimate of drug-likeness (QED) is 0.772. The fourth-order valence-electron chi connectivity index (χ4n) is 2.18. The Kier molecular flexibility index (Phi) is 5.34. The number of carbonyl (C=O) groups is 2. The molecule has 0 aliphatic carbocycles. The van der Waals surface area contributed by atoms with Crippen molar-refractivity contribution in [3.8, 4) is 0 Å². The van der Waals surface area contributed by atoms with Gasteiger partial charge >= 0.3 is 0 Å². The molecule has 1 heterocycles. The van der Waals surface area contributed by atoms with Gasteiger partial charge in [-0.25, -0.2) is 0 Å². The fourth-order valence-corrected chi connectivity index (χ4v) is 2.18. The number of ether oxygens (including phenoxy) is 1. The van der Waals surface area contributed by atoms with Gasteiger partial charge in [0.1, 0.15) is 5.76 Å². The number of nitrogens with two attached hydrogens (primary N) is 1. The molecule has 0 saturated carbocycles. The van der Waals surface area contributed by atoms with E-state index in [-0.39, 0.29) is 17.9 Å². The Morgan fingerprint density at radius 1 is 1.50 bits per heavy atom. The first-order chi connectivity index (χ1) is 8.56. The molecule has 0 spiro atoms. The SMILES string of the molecule is CCC[C@@H](N)C(=O)N1C(=O)C=C(OC)[C@@H]1CCC. The molecule has 0 radical (unpaired) electrons. The predicted octanol–water partition coefficient (Wildman–Crippen LogP) is 1.18. The van der Waals surface area contributed by atoms with E-state index in [1.807, 2.05) is 13.8 Å². The van der Waals surface area contributed by atoms with E-state index in [4.69, 9.17) is 10.5 Å². The molecule has 18 heavy (non-hydrogen) atoms. The molecule has 0 saturated heterocycles. The van der Waals surface area contributed by atoms with Crippen molar-refractivity contribution in [3.05, 3.63) is 11.8 Å². The summed E-state index contributed by atoms with van der Waals surface area (Å²) in [5.74, 6) is -0.0654. The summed E-state index contributed by atoms with van der Waals surface area (Å²) >= 11 is 0. The van der Waals surface area contributed by atoms with Crippen molar-refractivity contribution in [3.63, 3.8) is 0 Å². The topological polar surface area (TPSA) is 72.6 Å². The lowest BCUT2D eigenvalue weighted by molar-refractivity contribution is -0.144. The van der Waals surface area contributed by atoms with Crippen LogP contribution in [0.15, 0.2) is 11.8 Å². The van der Waals surface area contributed by atoms with Crippen LogP contribution in [0.25, 0.3) is 0 Å². The van der Waals surface area contributed by atoms with E-state index < -0.39 is 6.04 Å². The number of methoxy groups -OCH3 is 1. The molecule has 0 aromatic heterocycles. The van der Waals surface area contributed by atoms with Gasteiger partial charge in [0.25, 0.3) is 5.91 Å². The van der Waals surface area contributed by atoms with Gasteiger partial charge in [-0.05, 0) is 12.8 Å². The van der Waals surface area contributed by atoms with Crippen LogP contribution < -0.4 is 5.73 Å². The summed E-state index contributed by atoms with van der Waals surface area (Å²) in [5, 5.41) is 0. The van der Waals surface area contributed by atoms with Crippen molar-refractivity contribution >= 4 is 11.8 Å². The van der Waals surface area contributed by atoms with Crippen LogP contribution in [0.5, 0.6) is 0 Å². The highest BCUT2D eigenvalue weighted by Gasteiger charge is 2.39. The number of carbonyl (C=O) groups excluding carboxylic acids is 2. The van der Waals surface area contributed by atoms with E-state index in [0.29, 0.717) is 18.6 Å². The molecule has 102 valence electrons. The van der Waals surface area contributed by atoms with Gasteiger partial charge in [-0.1, -0.05) is 26.7 Å². The Morgan fingerprint density at radius 2 is 2.17 bits per heavy atom. The average molecular weight is 254 g/mol. The van der Waals surface area contributed by atoms with Crippen LogP contribution in [-0.2, 0) is 14.3 Å². The van der Waals surface area contributed by atoms with Gasteiger partial charge in [-0.3, -0.25) is 14.5 Å². The molecule has 0 fully saturated rings. The molecular formula is C13H22N2O3. The molecule has 2 amide bonds. The number of rotatable bonds is 6. The van der Waals surface area contributed by atoms with E-state index in [1.54, 1.807) is 0 Å². The van der Waals surface area contributed by atoms with Crippen LogP contribution in [0.2, 0.25) is 0 Å². The van der Waals surface area contributed by atoms with E-state index in [2.05, 4.69) is 0 Å². The highest BCUT2D eigenvalue weighted by molar-refractivity contribution is 6.05. The van der Waals surface area contributed by atoms with Crippen molar-refractivity contribution in [2.45, 2.75) is 51.6 Å². The zero-order valence-electron chi connectivity index (χ0n) is 11.3. The lowest BCUT2D eigenvalue weighted by Gasteiger charge is -2.26. The monoisotopic (exact) mass is 254 g/mol. The van der Waals surface area contributed by atoms with Crippen LogP contribution in [0.1, 0.15) is 39.5 Å². The molecule has 0 unspecified atom stereocenters. The van der Waals surface area contributed by atoms with Crippen LogP contribution in [0.3, 0.4) is 0 Å². The minimum atomic E-state index is -0.608. The van der Waals surface area contributed by atoms with Crippen molar-refractivity contribution < 1.29 is 14.3 Å². The largest absolute Gasteiger partial charge is 0.499 e. The number of imide groups is 1. The Morgan fingerprint density at radius 3 is 2.67 bits per heavy atom. The van der Waals surface area contributed by atoms with Gasteiger partial charge < -0.3 is 10.5 Å². The van der Waals surface area contributed by atoms with Gasteiger partial charge in [0.05, 0.1) is 19.2 Å². The van der Waals surface area contributed by atoms with Gasteiger partial charge in [-0.15, -0.1) is 0 Å². The summed E-state index contributed by atoms with van der Waals surface area (Å²) < 4.78 is 5.17. The van der Waals surface area contributed by atoms with Crippen LogP contribution in [0.4, 0.5) is 0 Å². The van der Waals surface area contributed by atoms with Gasteiger partial charge in [0.15, 0.2) is 0 Å². The maximum atomic E-state index is 12.2. The molecule has 2 N–H and O–H groups in total. The number of hydrogen-bond acceptors (Lipinski definition) is 4. The predicted molar refractivity (Wildman–Crippen MR) is 68.5 cm³/mol. The molecule has 1 rings (SSSR count). The summed E-state index contributed by atoms with van der Waals surface area (Å²) in [6, 6.07) is -0.897. The number of amides is 2. The first-order valence-corrected chi connectivity index (χ1v) is 6.44. The Hall–Kier alpha value is -1.36. The number of nitrogens with zero attached hydrogens (tertiary/aromatic N) is 1. The smallest absolute Gasteiger partial charge is 0.257 e. The lowest BCUT2D eigenvalue weighted by atomic mass is 10.1. The van der Waals surface area contributed by atoms with Gasteiger partial charge in [-0.2, -0.15) is 0 Å². The molecule has 0 aromatic rings. The number of hydrogen-bond donors (Lipinski definition) is 1. The molecule has 1 aliphatic heterocycles. The molecule has 0 aromatic carbocycles. The third-order valence-electron chi connectivity index (χ3n) is 3.10. The molecule has 5 heteroatoms. The van der Waals surface area contributed by atoms with Crippen molar-refractivity contribution in [1.82, 2.24) is 4.90 Å². The summed E-state index contributed by atoms with van der Waals surface area (Å²) in [6.07, 6.45) is 4.36. The highest BCUT2D eigenvalue weighted by Crippen LogP contribution is 2.25. The Bertz CT molecular complexity index is 352. The van der Waals surface area contributed by atoms with Gasteiger partial charge in [0.2, 0.25) is 5.91 Å². The first-order valence-electron chi connectivity index (χ1n) is 6.44. The van der Waals surface area contributed by atoms with Crippen molar-refractivity contribution in [1.29, 1.82) is 0 Å². The molecule has 5 nitrogen and oxygen atoms in total. The Balaban J connectivity index is 2.86. The standard InChI is InChI=1S/C13H22N2O3/c1-4-6-9(14)13(17)15-10(7-5-2)11(18-3)8-12(15)16/h8-10H,4-7,14H2,1-3H3/t9-,10+/m1/s1. The van der Waals surface area contributed by atoms with E-state index in [0.717, 1.165) is 12.8 Å². The van der Waals surface area contributed by atoms with Crippen LogP contribution >= 0.6 is 0 Å². The molecule has 1 aliphatic rings. The normalized spacial score (nSPS) is 20.9. The molecule has 0 bridgehead atoms. The zero-order chi connectivity index (χ0) is 13.7. The highest BCUT2D eigenvalue weighted by atomic mass is 16.5. The van der Waals surface area contributed by atoms with Crippen molar-refractivity contribution in [2.75, 3.05) is 7.11 Å². The van der Waals surface area contributed by atoms with Crippen molar-refractivity contribution in [2.24, 2.45) is 5.73 Å². The summed E-state index contributed by atoms with van der Waals surface area (Å²) in [4.78, 5) is 25.3. The first kappa shape index (κ1) is 14.7. The lowest BCUT2D eigenvalue weighted by Crippen LogP contribution is -2.49. The van der Waals surface area contributed by atoms with E-state index >= 15 is 0 Å². The molecule has 2 atom stereocenters. The van der Waals surface area contributed by atoms with Crippen LogP contribution in [-0.4, -0.2) is 35.9 Å². The summed E-state index contributed by atoms with van der Waals surface area (Å²) in [5.41, 5.74) is 5.81. The van der Waals surface area contributed by atoms with E-state index in [9.17, 15) is 9.59 Å². The molecular weight excluding hydrogens is 232 g/mol. The van der Waals surface area contributed by atoms with Gasteiger partial charge in [0, 0.05) is 6.08 Å². The summed E-state index contributed by atoms with van der Waals surface area (Å²) in [7, 11) is 1.52. The second kappa shape index (κ2) is 6.54. The minimum absolute atomic E-state index is 0.289.